The zero-order valence-corrected chi connectivity index (χ0v) is 10.1. The van der Waals surface area contributed by atoms with Gasteiger partial charge in [0.05, 0.1) is 0 Å². The Bertz CT molecular complexity index is 159. The molecule has 2 heterocycles. The maximum Gasteiger partial charge on any atom is 0.146 e. The first-order chi connectivity index (χ1) is 6.77. The molecule has 2 rings (SSSR count). The second-order valence-electron chi connectivity index (χ2n) is 5.40. The topological polar surface area (TPSA) is 0 Å². The summed E-state index contributed by atoms with van der Waals surface area (Å²) in [6, 6.07) is 0. The number of hydrogen-bond acceptors (Lipinski definition) is 0. The summed E-state index contributed by atoms with van der Waals surface area (Å²) in [7, 11) is 0. The van der Waals surface area contributed by atoms with Crippen molar-refractivity contribution in [3.05, 3.63) is 0 Å². The highest BCUT2D eigenvalue weighted by atomic mass is 35.5. The van der Waals surface area contributed by atoms with Crippen molar-refractivity contribution in [1.29, 1.82) is 0 Å². The molecule has 0 N–H and O–H groups in total. The molecule has 2 aliphatic rings. The molecule has 2 saturated heterocycles. The molecule has 0 aromatic heterocycles. The molecule has 0 amide bonds. The van der Waals surface area contributed by atoms with E-state index in [1.807, 2.05) is 0 Å². The van der Waals surface area contributed by atoms with Crippen LogP contribution in [0.2, 0.25) is 18.0 Å². The lowest BCUT2D eigenvalue weighted by Gasteiger charge is -2.40. The van der Waals surface area contributed by atoms with Crippen molar-refractivity contribution in [1.82, 2.24) is 0 Å². The van der Waals surface area contributed by atoms with Gasteiger partial charge in [-0.3, -0.25) is 0 Å². The van der Waals surface area contributed by atoms with E-state index < -0.39 is 0 Å². The van der Waals surface area contributed by atoms with Gasteiger partial charge in [-0.2, -0.15) is 0 Å². The van der Waals surface area contributed by atoms with Crippen molar-refractivity contribution >= 4 is 18.3 Å². The summed E-state index contributed by atoms with van der Waals surface area (Å²) < 4.78 is 0. The van der Waals surface area contributed by atoms with Gasteiger partial charge in [-0.15, -0.1) is 11.6 Å². The molecule has 0 radical (unpaired) electrons. The standard InChI is InChI=1S/C12H22BCl/c1-10(14)8-9-13-11-4-2-5-12(13)7-3-6-11/h10-12H,2-9H2,1H3. The van der Waals surface area contributed by atoms with Crippen molar-refractivity contribution < 1.29 is 0 Å². The summed E-state index contributed by atoms with van der Waals surface area (Å²) in [4.78, 5) is 0. The van der Waals surface area contributed by atoms with E-state index in [0.29, 0.717) is 5.38 Å². The van der Waals surface area contributed by atoms with Crippen molar-refractivity contribution in [2.45, 2.75) is 75.2 Å². The fourth-order valence-corrected chi connectivity index (χ4v) is 3.83. The highest BCUT2D eigenvalue weighted by Crippen LogP contribution is 2.48. The molecule has 0 aliphatic carbocycles. The van der Waals surface area contributed by atoms with Gasteiger partial charge in [0.15, 0.2) is 0 Å². The van der Waals surface area contributed by atoms with E-state index >= 15 is 0 Å². The molecule has 2 heteroatoms. The Balaban J connectivity index is 1.88. The molecule has 0 aromatic rings. The number of fused-ring (bicyclic) bond motifs is 2. The first-order valence-corrected chi connectivity index (χ1v) is 6.85. The van der Waals surface area contributed by atoms with Crippen LogP contribution in [0.3, 0.4) is 0 Å². The van der Waals surface area contributed by atoms with Gasteiger partial charge in [0.2, 0.25) is 0 Å². The Morgan fingerprint density at radius 2 is 1.64 bits per heavy atom. The lowest BCUT2D eigenvalue weighted by molar-refractivity contribution is 0.440. The molecule has 2 bridgehead atoms. The van der Waals surface area contributed by atoms with Gasteiger partial charge in [0.1, 0.15) is 6.71 Å². The van der Waals surface area contributed by atoms with Crippen molar-refractivity contribution in [3.8, 4) is 0 Å². The maximum atomic E-state index is 6.05. The van der Waals surface area contributed by atoms with Crippen LogP contribution in [0.5, 0.6) is 0 Å². The number of rotatable bonds is 3. The average molecular weight is 213 g/mol. The van der Waals surface area contributed by atoms with Crippen LogP contribution in [0, 0.1) is 0 Å². The second-order valence-corrected chi connectivity index (χ2v) is 6.15. The molecule has 14 heavy (non-hydrogen) atoms. The molecular weight excluding hydrogens is 190 g/mol. The largest absolute Gasteiger partial charge is 0.146 e. The molecule has 1 atom stereocenters. The minimum Gasteiger partial charge on any atom is -0.123 e. The molecule has 0 saturated carbocycles. The Labute approximate surface area is 93.9 Å². The third-order valence-corrected chi connectivity index (χ3v) is 4.63. The smallest absolute Gasteiger partial charge is 0.123 e. The highest BCUT2D eigenvalue weighted by molar-refractivity contribution is 6.62. The Hall–Kier alpha value is 0.355. The van der Waals surface area contributed by atoms with E-state index in [-0.39, 0.29) is 0 Å². The predicted molar refractivity (Wildman–Crippen MR) is 65.7 cm³/mol. The Morgan fingerprint density at radius 3 is 2.07 bits per heavy atom. The molecule has 1 unspecified atom stereocenters. The minimum absolute atomic E-state index is 0.387. The van der Waals surface area contributed by atoms with E-state index in [4.69, 9.17) is 11.6 Å². The van der Waals surface area contributed by atoms with E-state index in [0.717, 1.165) is 18.3 Å². The second kappa shape index (κ2) is 4.92. The average Bonchev–Trinajstić information content (AvgIpc) is 2.13. The highest BCUT2D eigenvalue weighted by Gasteiger charge is 2.38. The summed E-state index contributed by atoms with van der Waals surface area (Å²) in [6.45, 7) is 3.18. The van der Waals surface area contributed by atoms with Crippen LogP contribution >= 0.6 is 11.6 Å². The number of alkyl halides is 1. The molecule has 2 fully saturated rings. The molecule has 2 aliphatic heterocycles. The van der Waals surface area contributed by atoms with Crippen LogP contribution < -0.4 is 0 Å². The molecule has 0 aromatic carbocycles. The first-order valence-electron chi connectivity index (χ1n) is 6.41. The van der Waals surface area contributed by atoms with Gasteiger partial charge in [0.25, 0.3) is 0 Å². The van der Waals surface area contributed by atoms with E-state index in [2.05, 4.69) is 6.92 Å². The van der Waals surface area contributed by atoms with Crippen LogP contribution in [0.25, 0.3) is 0 Å². The zero-order chi connectivity index (χ0) is 9.97. The maximum absolute atomic E-state index is 6.05. The third kappa shape index (κ3) is 2.48. The summed E-state index contributed by atoms with van der Waals surface area (Å²) in [5.41, 5.74) is 0. The monoisotopic (exact) mass is 212 g/mol. The van der Waals surface area contributed by atoms with Crippen LogP contribution in [-0.2, 0) is 0 Å². The van der Waals surface area contributed by atoms with Crippen molar-refractivity contribution in [2.75, 3.05) is 0 Å². The van der Waals surface area contributed by atoms with Crippen LogP contribution in [0.4, 0.5) is 0 Å². The van der Waals surface area contributed by atoms with Crippen LogP contribution in [0.1, 0.15) is 51.9 Å². The van der Waals surface area contributed by atoms with Gasteiger partial charge in [-0.1, -0.05) is 56.5 Å². The summed E-state index contributed by atoms with van der Waals surface area (Å²) in [6.07, 6.45) is 11.7. The van der Waals surface area contributed by atoms with Gasteiger partial charge < -0.3 is 0 Å². The van der Waals surface area contributed by atoms with Crippen molar-refractivity contribution in [2.24, 2.45) is 0 Å². The van der Waals surface area contributed by atoms with Crippen molar-refractivity contribution in [3.63, 3.8) is 0 Å². The van der Waals surface area contributed by atoms with Gasteiger partial charge >= 0.3 is 0 Å². The number of hydrogen-bond donors (Lipinski definition) is 0. The molecule has 0 spiro atoms. The summed E-state index contributed by atoms with van der Waals surface area (Å²) in [5, 5.41) is 0.387. The fourth-order valence-electron chi connectivity index (χ4n) is 3.71. The van der Waals surface area contributed by atoms with Crippen LogP contribution in [0.15, 0.2) is 0 Å². The SMILES string of the molecule is CC(Cl)CCB1C2CCCC1CCC2. The number of halogens is 1. The third-order valence-electron chi connectivity index (χ3n) is 4.41. The van der Waals surface area contributed by atoms with Gasteiger partial charge in [0, 0.05) is 5.38 Å². The lowest BCUT2D eigenvalue weighted by atomic mass is 9.26. The van der Waals surface area contributed by atoms with Gasteiger partial charge in [-0.05, 0) is 13.3 Å². The van der Waals surface area contributed by atoms with E-state index in [1.165, 1.54) is 51.3 Å². The Morgan fingerprint density at radius 1 is 1.14 bits per heavy atom. The summed E-state index contributed by atoms with van der Waals surface area (Å²) in [5.74, 6) is 2.14. The lowest BCUT2D eigenvalue weighted by Crippen LogP contribution is -2.34. The Kier molecular flexibility index (Phi) is 3.82. The quantitative estimate of drug-likeness (QED) is 0.474. The minimum atomic E-state index is 0.387. The molecule has 80 valence electrons. The predicted octanol–water partition coefficient (Wildman–Crippen LogP) is 4.61. The fraction of sp³-hybridized carbons (Fsp3) is 1.00. The van der Waals surface area contributed by atoms with Crippen LogP contribution in [-0.4, -0.2) is 12.1 Å². The summed E-state index contributed by atoms with van der Waals surface area (Å²) >= 11 is 6.05. The normalized spacial score (nSPS) is 34.3. The van der Waals surface area contributed by atoms with E-state index in [1.54, 1.807) is 0 Å². The molecule has 0 nitrogen and oxygen atoms in total. The van der Waals surface area contributed by atoms with E-state index in [9.17, 15) is 0 Å². The van der Waals surface area contributed by atoms with Gasteiger partial charge in [-0.25, -0.2) is 0 Å². The molecular formula is C12H22BCl. The zero-order valence-electron chi connectivity index (χ0n) is 9.34. The first kappa shape index (κ1) is 10.9.